The molecule has 0 atom stereocenters. The zero-order valence-electron chi connectivity index (χ0n) is 9.13. The van der Waals surface area contributed by atoms with Crippen LogP contribution in [-0.4, -0.2) is 18.2 Å². The highest BCUT2D eigenvalue weighted by Crippen LogP contribution is 2.28. The lowest BCUT2D eigenvalue weighted by Gasteiger charge is -2.04. The first kappa shape index (κ1) is 14.6. The van der Waals surface area contributed by atoms with Crippen molar-refractivity contribution in [3.05, 3.63) is 17.0 Å². The van der Waals surface area contributed by atoms with Crippen molar-refractivity contribution in [3.63, 3.8) is 0 Å². The molecule has 0 aliphatic rings. The van der Waals surface area contributed by atoms with Crippen LogP contribution in [0.1, 0.15) is 35.4 Å². The van der Waals surface area contributed by atoms with Crippen molar-refractivity contribution in [2.75, 3.05) is 5.75 Å². The first-order chi connectivity index (χ1) is 8.01. The van der Waals surface area contributed by atoms with Gasteiger partial charge in [0.05, 0.1) is 9.09 Å². The summed E-state index contributed by atoms with van der Waals surface area (Å²) < 4.78 is 36.5. The fourth-order valence-electron chi connectivity index (χ4n) is 1.25. The smallest absolute Gasteiger partial charge is 0.297 e. The summed E-state index contributed by atoms with van der Waals surface area (Å²) >= 11 is 3.01. The Kier molecular flexibility index (Phi) is 6.05. The fourth-order valence-corrected chi connectivity index (χ4v) is 3.29. The van der Waals surface area contributed by atoms with E-state index in [4.69, 9.17) is 0 Å². The highest BCUT2D eigenvalue weighted by molar-refractivity contribution is 8.01. The molecule has 17 heavy (non-hydrogen) atoms. The standard InChI is InChI=1S/C11H13F3OS2/c12-11(13,14)6-2-1-3-7-16-10-5-4-9(8-15)17-10/h4-5,8H,1-3,6-7H2. The van der Waals surface area contributed by atoms with Crippen LogP contribution in [-0.2, 0) is 0 Å². The van der Waals surface area contributed by atoms with Gasteiger partial charge in [-0.1, -0.05) is 6.42 Å². The number of thioether (sulfide) groups is 1. The summed E-state index contributed by atoms with van der Waals surface area (Å²) in [5, 5.41) is 0. The summed E-state index contributed by atoms with van der Waals surface area (Å²) in [5.41, 5.74) is 0. The van der Waals surface area contributed by atoms with Gasteiger partial charge in [0.1, 0.15) is 0 Å². The SMILES string of the molecule is O=Cc1ccc(SCCCCCC(F)(F)F)s1. The van der Waals surface area contributed by atoms with Gasteiger partial charge < -0.3 is 0 Å². The van der Waals surface area contributed by atoms with Gasteiger partial charge >= 0.3 is 6.18 Å². The van der Waals surface area contributed by atoms with Crippen molar-refractivity contribution in [1.82, 2.24) is 0 Å². The maximum Gasteiger partial charge on any atom is 0.389 e. The first-order valence-electron chi connectivity index (χ1n) is 5.26. The molecular formula is C11H13F3OS2. The van der Waals surface area contributed by atoms with Crippen LogP contribution in [0.5, 0.6) is 0 Å². The Morgan fingerprint density at radius 3 is 2.59 bits per heavy atom. The lowest BCUT2D eigenvalue weighted by molar-refractivity contribution is -0.135. The van der Waals surface area contributed by atoms with Crippen LogP contribution in [0.2, 0.25) is 0 Å². The molecule has 0 N–H and O–H groups in total. The minimum atomic E-state index is -4.03. The molecule has 0 aliphatic carbocycles. The molecule has 0 spiro atoms. The van der Waals surface area contributed by atoms with Gasteiger partial charge in [0.25, 0.3) is 0 Å². The van der Waals surface area contributed by atoms with E-state index in [2.05, 4.69) is 0 Å². The molecular weight excluding hydrogens is 269 g/mol. The van der Waals surface area contributed by atoms with E-state index >= 15 is 0 Å². The summed E-state index contributed by atoms with van der Waals surface area (Å²) in [6, 6.07) is 3.62. The number of unbranched alkanes of at least 4 members (excludes halogenated alkanes) is 2. The molecule has 1 nitrogen and oxygen atoms in total. The summed E-state index contributed by atoms with van der Waals surface area (Å²) in [6.07, 6.45) is -2.34. The third-order valence-electron chi connectivity index (χ3n) is 2.07. The number of hydrogen-bond acceptors (Lipinski definition) is 3. The molecule has 0 aromatic carbocycles. The third-order valence-corrected chi connectivity index (χ3v) is 4.39. The largest absolute Gasteiger partial charge is 0.389 e. The van der Waals surface area contributed by atoms with Crippen LogP contribution in [0.25, 0.3) is 0 Å². The van der Waals surface area contributed by atoms with Crippen molar-refractivity contribution < 1.29 is 18.0 Å². The Bertz CT molecular complexity index is 347. The molecule has 0 fully saturated rings. The number of alkyl halides is 3. The summed E-state index contributed by atoms with van der Waals surface area (Å²) in [6.45, 7) is 0. The molecule has 0 aliphatic heterocycles. The summed E-state index contributed by atoms with van der Waals surface area (Å²) in [5.74, 6) is 0.802. The van der Waals surface area contributed by atoms with E-state index in [9.17, 15) is 18.0 Å². The first-order valence-corrected chi connectivity index (χ1v) is 7.06. The molecule has 0 saturated carbocycles. The molecule has 1 rings (SSSR count). The number of halogens is 3. The molecule has 1 aromatic rings. The Balaban J connectivity index is 2.06. The van der Waals surface area contributed by atoms with Crippen LogP contribution >= 0.6 is 23.1 Å². The van der Waals surface area contributed by atoms with E-state index in [1.165, 1.54) is 11.3 Å². The highest BCUT2D eigenvalue weighted by Gasteiger charge is 2.25. The van der Waals surface area contributed by atoms with Gasteiger partial charge in [0.2, 0.25) is 0 Å². The van der Waals surface area contributed by atoms with Gasteiger partial charge in [-0.05, 0) is 30.7 Å². The minimum absolute atomic E-state index is 0.202. The lowest BCUT2D eigenvalue weighted by atomic mass is 10.2. The van der Waals surface area contributed by atoms with E-state index in [0.717, 1.165) is 22.7 Å². The molecule has 0 saturated heterocycles. The molecule has 0 amide bonds. The molecule has 1 heterocycles. The quantitative estimate of drug-likeness (QED) is 0.407. The topological polar surface area (TPSA) is 17.1 Å². The van der Waals surface area contributed by atoms with Gasteiger partial charge in [-0.25, -0.2) is 0 Å². The van der Waals surface area contributed by atoms with Gasteiger partial charge in [-0.3, -0.25) is 4.79 Å². The molecule has 6 heteroatoms. The maximum absolute atomic E-state index is 11.8. The minimum Gasteiger partial charge on any atom is -0.297 e. The van der Waals surface area contributed by atoms with Crippen LogP contribution in [0, 0.1) is 0 Å². The summed E-state index contributed by atoms with van der Waals surface area (Å²) in [4.78, 5) is 11.1. The van der Waals surface area contributed by atoms with E-state index in [0.29, 0.717) is 11.3 Å². The number of carbonyl (C=O) groups excluding carboxylic acids is 1. The molecule has 1 aromatic heterocycles. The monoisotopic (exact) mass is 282 g/mol. The zero-order valence-corrected chi connectivity index (χ0v) is 10.8. The van der Waals surface area contributed by atoms with Gasteiger partial charge in [0.15, 0.2) is 6.29 Å². The van der Waals surface area contributed by atoms with Crippen LogP contribution in [0.15, 0.2) is 16.3 Å². The van der Waals surface area contributed by atoms with E-state index < -0.39 is 12.6 Å². The van der Waals surface area contributed by atoms with Crippen LogP contribution < -0.4 is 0 Å². The summed E-state index contributed by atoms with van der Waals surface area (Å²) in [7, 11) is 0. The highest BCUT2D eigenvalue weighted by atomic mass is 32.2. The van der Waals surface area contributed by atoms with E-state index in [1.807, 2.05) is 6.07 Å². The fraction of sp³-hybridized carbons (Fsp3) is 0.545. The Hall–Kier alpha value is -0.490. The average molecular weight is 282 g/mol. The Labute approximate surface area is 106 Å². The molecule has 0 unspecified atom stereocenters. The number of hydrogen-bond donors (Lipinski definition) is 0. The number of aldehydes is 1. The van der Waals surface area contributed by atoms with Crippen molar-refractivity contribution in [3.8, 4) is 0 Å². The molecule has 96 valence electrons. The van der Waals surface area contributed by atoms with Crippen LogP contribution in [0.3, 0.4) is 0 Å². The van der Waals surface area contributed by atoms with Crippen molar-refractivity contribution in [2.24, 2.45) is 0 Å². The predicted molar refractivity (Wildman–Crippen MR) is 65.0 cm³/mol. The molecule has 0 bridgehead atoms. The van der Waals surface area contributed by atoms with Gasteiger partial charge in [0, 0.05) is 6.42 Å². The van der Waals surface area contributed by atoms with Crippen LogP contribution in [0.4, 0.5) is 13.2 Å². The van der Waals surface area contributed by atoms with Crippen molar-refractivity contribution >= 4 is 29.4 Å². The van der Waals surface area contributed by atoms with Gasteiger partial charge in [-0.2, -0.15) is 13.2 Å². The molecule has 0 radical (unpaired) electrons. The number of rotatable bonds is 7. The Morgan fingerprint density at radius 1 is 1.24 bits per heavy atom. The predicted octanol–water partition coefficient (Wildman–Crippen LogP) is 4.78. The Morgan fingerprint density at radius 2 is 2.00 bits per heavy atom. The number of carbonyl (C=O) groups is 1. The normalized spacial score (nSPS) is 11.7. The average Bonchev–Trinajstić information content (AvgIpc) is 2.69. The lowest BCUT2D eigenvalue weighted by Crippen LogP contribution is -2.06. The zero-order chi connectivity index (χ0) is 12.7. The second-order valence-electron chi connectivity index (χ2n) is 3.55. The van der Waals surface area contributed by atoms with E-state index in [1.54, 1.807) is 17.8 Å². The second kappa shape index (κ2) is 7.06. The maximum atomic E-state index is 11.8. The second-order valence-corrected chi connectivity index (χ2v) is 6.06. The van der Waals surface area contributed by atoms with Gasteiger partial charge in [-0.15, -0.1) is 23.1 Å². The third kappa shape index (κ3) is 6.73. The van der Waals surface area contributed by atoms with Crippen molar-refractivity contribution in [2.45, 2.75) is 36.1 Å². The van der Waals surface area contributed by atoms with Crippen molar-refractivity contribution in [1.29, 1.82) is 0 Å². The van der Waals surface area contributed by atoms with E-state index in [-0.39, 0.29) is 6.42 Å². The number of thiophene rings is 1.